The molecule has 6 heteroatoms. The van der Waals surface area contributed by atoms with Crippen LogP contribution in [0.1, 0.15) is 29.1 Å². The van der Waals surface area contributed by atoms with E-state index in [1.165, 1.54) is 0 Å². The van der Waals surface area contributed by atoms with E-state index in [0.717, 1.165) is 11.0 Å². The summed E-state index contributed by atoms with van der Waals surface area (Å²) in [5, 5.41) is 6.31. The number of primary amides is 1. The molecule has 0 aliphatic carbocycles. The number of anilines is 1. The number of nitrogens with one attached hydrogen (secondary N) is 2. The van der Waals surface area contributed by atoms with Gasteiger partial charge in [-0.25, -0.2) is 4.79 Å². The Morgan fingerprint density at radius 3 is 2.62 bits per heavy atom. The molecule has 0 saturated heterocycles. The van der Waals surface area contributed by atoms with Crippen LogP contribution in [0.2, 0.25) is 0 Å². The summed E-state index contributed by atoms with van der Waals surface area (Å²) < 4.78 is 5.75. The van der Waals surface area contributed by atoms with Gasteiger partial charge in [-0.2, -0.15) is 0 Å². The van der Waals surface area contributed by atoms with Crippen LogP contribution in [0.15, 0.2) is 59.0 Å². The van der Waals surface area contributed by atoms with Crippen molar-refractivity contribution in [1.82, 2.24) is 5.32 Å². The molecule has 0 aliphatic heterocycles. The molecule has 24 heavy (non-hydrogen) atoms. The van der Waals surface area contributed by atoms with Gasteiger partial charge in [0.1, 0.15) is 11.3 Å². The zero-order valence-electron chi connectivity index (χ0n) is 13.1. The topological polar surface area (TPSA) is 97.4 Å². The van der Waals surface area contributed by atoms with Gasteiger partial charge in [0.2, 0.25) is 0 Å². The summed E-state index contributed by atoms with van der Waals surface area (Å²) in [4.78, 5) is 23.3. The third-order valence-corrected chi connectivity index (χ3v) is 3.61. The molecule has 6 nitrogen and oxygen atoms in total. The summed E-state index contributed by atoms with van der Waals surface area (Å²) in [6.45, 7) is 1.85. The van der Waals surface area contributed by atoms with Crippen LogP contribution in [0.5, 0.6) is 0 Å². The third kappa shape index (κ3) is 3.38. The average Bonchev–Trinajstić information content (AvgIpc) is 2.98. The number of amides is 3. The van der Waals surface area contributed by atoms with Gasteiger partial charge in [-0.1, -0.05) is 24.3 Å². The predicted octanol–water partition coefficient (Wildman–Crippen LogP) is 3.41. The van der Waals surface area contributed by atoms with Crippen LogP contribution in [0, 0.1) is 0 Å². The van der Waals surface area contributed by atoms with Crippen molar-refractivity contribution in [2.24, 2.45) is 5.73 Å². The SMILES string of the molecule is C[C@@H](NC(=O)c1cccc(NC(N)=O)c1)c1cc2ccccc2o1. The number of rotatable bonds is 4. The largest absolute Gasteiger partial charge is 0.459 e. The Morgan fingerprint density at radius 2 is 1.88 bits per heavy atom. The minimum atomic E-state index is -0.678. The van der Waals surface area contributed by atoms with Gasteiger partial charge in [0.15, 0.2) is 0 Å². The summed E-state index contributed by atoms with van der Waals surface area (Å²) in [5.41, 5.74) is 6.75. The molecule has 2 aromatic carbocycles. The summed E-state index contributed by atoms with van der Waals surface area (Å²) in [6, 6.07) is 15.2. The molecule has 1 heterocycles. The van der Waals surface area contributed by atoms with Crippen molar-refractivity contribution in [2.75, 3.05) is 5.32 Å². The van der Waals surface area contributed by atoms with Crippen LogP contribution in [0.3, 0.4) is 0 Å². The fourth-order valence-corrected chi connectivity index (χ4v) is 2.45. The lowest BCUT2D eigenvalue weighted by Crippen LogP contribution is -2.26. The van der Waals surface area contributed by atoms with Gasteiger partial charge in [-0.3, -0.25) is 4.79 Å². The van der Waals surface area contributed by atoms with Crippen molar-refractivity contribution < 1.29 is 14.0 Å². The molecule has 0 fully saturated rings. The van der Waals surface area contributed by atoms with Crippen molar-refractivity contribution in [3.63, 3.8) is 0 Å². The normalized spacial score (nSPS) is 11.9. The molecular weight excluding hydrogens is 306 g/mol. The van der Waals surface area contributed by atoms with Gasteiger partial charge in [-0.05, 0) is 37.3 Å². The molecule has 0 radical (unpaired) electrons. The molecule has 3 rings (SSSR count). The van der Waals surface area contributed by atoms with Crippen LogP contribution in [-0.2, 0) is 0 Å². The van der Waals surface area contributed by atoms with Crippen molar-refractivity contribution >= 4 is 28.6 Å². The number of benzene rings is 2. The lowest BCUT2D eigenvalue weighted by molar-refractivity contribution is 0.0935. The fourth-order valence-electron chi connectivity index (χ4n) is 2.45. The Hall–Kier alpha value is -3.28. The van der Waals surface area contributed by atoms with Crippen molar-refractivity contribution in [2.45, 2.75) is 13.0 Å². The maximum absolute atomic E-state index is 12.4. The summed E-state index contributed by atoms with van der Waals surface area (Å²) in [6.07, 6.45) is 0. The number of hydrogen-bond acceptors (Lipinski definition) is 3. The zero-order valence-corrected chi connectivity index (χ0v) is 13.1. The third-order valence-electron chi connectivity index (χ3n) is 3.61. The van der Waals surface area contributed by atoms with E-state index in [9.17, 15) is 9.59 Å². The number of nitrogens with two attached hydrogens (primary N) is 1. The van der Waals surface area contributed by atoms with Gasteiger partial charge in [0.05, 0.1) is 6.04 Å². The minimum absolute atomic E-state index is 0.268. The van der Waals surface area contributed by atoms with Gasteiger partial charge >= 0.3 is 6.03 Å². The van der Waals surface area contributed by atoms with E-state index in [2.05, 4.69) is 10.6 Å². The second kappa shape index (κ2) is 6.45. The molecular formula is C18H17N3O3. The molecule has 122 valence electrons. The molecule has 3 aromatic rings. The van der Waals surface area contributed by atoms with E-state index < -0.39 is 6.03 Å². The zero-order chi connectivity index (χ0) is 17.1. The Bertz CT molecular complexity index is 868. The highest BCUT2D eigenvalue weighted by atomic mass is 16.3. The van der Waals surface area contributed by atoms with Crippen LogP contribution in [0.4, 0.5) is 10.5 Å². The van der Waals surface area contributed by atoms with Crippen molar-refractivity contribution in [3.8, 4) is 0 Å². The first kappa shape index (κ1) is 15.6. The van der Waals surface area contributed by atoms with E-state index in [0.29, 0.717) is 17.0 Å². The van der Waals surface area contributed by atoms with Gasteiger partial charge < -0.3 is 20.8 Å². The molecule has 0 bridgehead atoms. The van der Waals surface area contributed by atoms with Crippen molar-refractivity contribution in [3.05, 3.63) is 65.9 Å². The van der Waals surface area contributed by atoms with Gasteiger partial charge in [0.25, 0.3) is 5.91 Å². The molecule has 1 aromatic heterocycles. The molecule has 1 atom stereocenters. The first-order chi connectivity index (χ1) is 11.5. The highest BCUT2D eigenvalue weighted by Gasteiger charge is 2.15. The number of carbonyl (C=O) groups excluding carboxylic acids is 2. The predicted molar refractivity (Wildman–Crippen MR) is 91.7 cm³/mol. The highest BCUT2D eigenvalue weighted by Crippen LogP contribution is 2.24. The number of furan rings is 1. The Labute approximate surface area is 138 Å². The number of urea groups is 1. The average molecular weight is 323 g/mol. The number of hydrogen-bond donors (Lipinski definition) is 3. The van der Waals surface area contributed by atoms with Crippen LogP contribution < -0.4 is 16.4 Å². The van der Waals surface area contributed by atoms with Gasteiger partial charge in [-0.15, -0.1) is 0 Å². The first-order valence-electron chi connectivity index (χ1n) is 7.49. The lowest BCUT2D eigenvalue weighted by Gasteiger charge is -2.12. The minimum Gasteiger partial charge on any atom is -0.459 e. The number of fused-ring (bicyclic) bond motifs is 1. The standard InChI is InChI=1S/C18H17N3O3/c1-11(16-10-12-5-2-3-8-15(12)24-16)20-17(22)13-6-4-7-14(9-13)21-18(19)23/h2-11H,1H3,(H,20,22)(H3,19,21,23)/t11-/m1/s1. The second-order valence-corrected chi connectivity index (χ2v) is 5.45. The number of para-hydroxylation sites is 1. The fraction of sp³-hybridized carbons (Fsp3) is 0.111. The van der Waals surface area contributed by atoms with E-state index >= 15 is 0 Å². The molecule has 0 saturated carbocycles. The quantitative estimate of drug-likeness (QED) is 0.686. The highest BCUT2D eigenvalue weighted by molar-refractivity contribution is 5.96. The molecule has 4 N–H and O–H groups in total. The Balaban J connectivity index is 1.75. The van der Waals surface area contributed by atoms with E-state index in [-0.39, 0.29) is 11.9 Å². The summed E-state index contributed by atoms with van der Waals surface area (Å²) in [7, 11) is 0. The second-order valence-electron chi connectivity index (χ2n) is 5.45. The van der Waals surface area contributed by atoms with E-state index in [1.807, 2.05) is 37.3 Å². The number of carbonyl (C=O) groups is 2. The maximum Gasteiger partial charge on any atom is 0.316 e. The Kier molecular flexibility index (Phi) is 4.20. The maximum atomic E-state index is 12.4. The lowest BCUT2D eigenvalue weighted by atomic mass is 10.1. The smallest absolute Gasteiger partial charge is 0.316 e. The Morgan fingerprint density at radius 1 is 1.08 bits per heavy atom. The van der Waals surface area contributed by atoms with Crippen LogP contribution in [0.25, 0.3) is 11.0 Å². The summed E-state index contributed by atoms with van der Waals surface area (Å²) in [5.74, 6) is 0.409. The van der Waals surface area contributed by atoms with Crippen LogP contribution in [-0.4, -0.2) is 11.9 Å². The molecule has 0 aliphatic rings. The van der Waals surface area contributed by atoms with Crippen LogP contribution >= 0.6 is 0 Å². The van der Waals surface area contributed by atoms with Crippen molar-refractivity contribution in [1.29, 1.82) is 0 Å². The summed E-state index contributed by atoms with van der Waals surface area (Å²) >= 11 is 0. The first-order valence-corrected chi connectivity index (χ1v) is 7.49. The molecule has 0 spiro atoms. The molecule has 0 unspecified atom stereocenters. The monoisotopic (exact) mass is 323 g/mol. The van der Waals surface area contributed by atoms with E-state index in [4.69, 9.17) is 10.2 Å². The molecule has 3 amide bonds. The van der Waals surface area contributed by atoms with E-state index in [1.54, 1.807) is 24.3 Å². The van der Waals surface area contributed by atoms with Gasteiger partial charge in [0, 0.05) is 16.6 Å².